The fourth-order valence-electron chi connectivity index (χ4n) is 2.59. The number of nitrogens with zero attached hydrogens (tertiary/aromatic N) is 2. The number of imide groups is 1. The molecule has 136 valence electrons. The zero-order chi connectivity index (χ0) is 19.0. The Morgan fingerprint density at radius 2 is 2.08 bits per heavy atom. The van der Waals surface area contributed by atoms with Gasteiger partial charge in [0.25, 0.3) is 5.56 Å². The Morgan fingerprint density at radius 1 is 1.35 bits per heavy atom. The number of H-pyrrole nitrogens is 1. The summed E-state index contributed by atoms with van der Waals surface area (Å²) in [6, 6.07) is 4.47. The second-order valence-electron chi connectivity index (χ2n) is 5.50. The van der Waals surface area contributed by atoms with E-state index in [0.29, 0.717) is 11.4 Å². The second-order valence-corrected chi connectivity index (χ2v) is 7.54. The van der Waals surface area contributed by atoms with E-state index >= 15 is 0 Å². The van der Waals surface area contributed by atoms with E-state index in [2.05, 4.69) is 9.97 Å². The maximum atomic E-state index is 12.7. The van der Waals surface area contributed by atoms with Crippen LogP contribution in [0.15, 0.2) is 28.2 Å². The standard InChI is InChI=1S/C16H13Cl2N3O4S/c1-2-8-13(23)19-16(20-14(8)24)26-11-6-12(22)21(15(11)25)10-4-3-7(17)5-9(10)18/h3-5,11H,2,6H2,1H3,(H2,19,20,23,24). The molecule has 0 bridgehead atoms. The molecule has 3 rings (SSSR count). The third-order valence-corrected chi connectivity index (χ3v) is 5.44. The highest BCUT2D eigenvalue weighted by Gasteiger charge is 2.41. The molecule has 0 spiro atoms. The molecule has 1 aromatic carbocycles. The Balaban J connectivity index is 1.87. The molecule has 1 aliphatic heterocycles. The van der Waals surface area contributed by atoms with E-state index in [4.69, 9.17) is 23.2 Å². The number of aromatic hydroxyl groups is 1. The zero-order valence-electron chi connectivity index (χ0n) is 13.5. The molecular weight excluding hydrogens is 401 g/mol. The molecule has 0 aliphatic carbocycles. The van der Waals surface area contributed by atoms with Crippen molar-refractivity contribution in [2.24, 2.45) is 0 Å². The highest BCUT2D eigenvalue weighted by molar-refractivity contribution is 8.00. The molecule has 2 heterocycles. The van der Waals surface area contributed by atoms with Crippen LogP contribution in [0.5, 0.6) is 5.88 Å². The number of aromatic nitrogens is 2. The van der Waals surface area contributed by atoms with Crippen molar-refractivity contribution in [3.05, 3.63) is 44.2 Å². The van der Waals surface area contributed by atoms with Gasteiger partial charge in [-0.3, -0.25) is 14.4 Å². The molecule has 2 amide bonds. The van der Waals surface area contributed by atoms with Crippen LogP contribution in [0.3, 0.4) is 0 Å². The third-order valence-electron chi connectivity index (χ3n) is 3.84. The summed E-state index contributed by atoms with van der Waals surface area (Å²) in [6.45, 7) is 1.71. The van der Waals surface area contributed by atoms with Crippen molar-refractivity contribution in [3.63, 3.8) is 0 Å². The first-order valence-electron chi connectivity index (χ1n) is 7.62. The first kappa shape index (κ1) is 18.8. The van der Waals surface area contributed by atoms with Crippen molar-refractivity contribution >= 4 is 52.5 Å². The fraction of sp³-hybridized carbons (Fsp3) is 0.250. The largest absolute Gasteiger partial charge is 0.493 e. The molecular formula is C16H13Cl2N3O4S. The average molecular weight is 414 g/mol. The van der Waals surface area contributed by atoms with Gasteiger partial charge in [0.05, 0.1) is 16.3 Å². The van der Waals surface area contributed by atoms with E-state index < -0.39 is 22.6 Å². The van der Waals surface area contributed by atoms with Gasteiger partial charge in [0.15, 0.2) is 5.16 Å². The lowest BCUT2D eigenvalue weighted by Gasteiger charge is -2.16. The van der Waals surface area contributed by atoms with Gasteiger partial charge in [0.1, 0.15) is 5.25 Å². The Morgan fingerprint density at radius 3 is 2.69 bits per heavy atom. The number of nitrogens with one attached hydrogen (secondary N) is 1. The van der Waals surface area contributed by atoms with Gasteiger partial charge in [-0.1, -0.05) is 41.9 Å². The minimum Gasteiger partial charge on any atom is -0.493 e. The first-order valence-corrected chi connectivity index (χ1v) is 9.26. The van der Waals surface area contributed by atoms with Gasteiger partial charge in [0, 0.05) is 11.4 Å². The number of carbonyl (C=O) groups excluding carboxylic acids is 2. The molecule has 2 aromatic rings. The molecule has 1 aliphatic rings. The van der Waals surface area contributed by atoms with Crippen LogP contribution in [0, 0.1) is 0 Å². The summed E-state index contributed by atoms with van der Waals surface area (Å²) in [4.78, 5) is 44.3. The summed E-state index contributed by atoms with van der Waals surface area (Å²) in [5, 5.41) is 9.67. The van der Waals surface area contributed by atoms with E-state index in [1.807, 2.05) is 0 Å². The monoisotopic (exact) mass is 413 g/mol. The van der Waals surface area contributed by atoms with Crippen LogP contribution in [0.25, 0.3) is 0 Å². The van der Waals surface area contributed by atoms with Crippen LogP contribution in [-0.2, 0) is 16.0 Å². The quantitative estimate of drug-likeness (QED) is 0.589. The number of amides is 2. The second kappa shape index (κ2) is 7.30. The molecule has 1 saturated heterocycles. The smallest absolute Gasteiger partial charge is 0.258 e. The normalized spacial score (nSPS) is 17.2. The van der Waals surface area contributed by atoms with Gasteiger partial charge < -0.3 is 10.1 Å². The average Bonchev–Trinajstić information content (AvgIpc) is 2.82. The number of hydrogen-bond acceptors (Lipinski definition) is 6. The number of carbonyl (C=O) groups is 2. The summed E-state index contributed by atoms with van der Waals surface area (Å²) in [5.41, 5.74) is -0.0607. The lowest BCUT2D eigenvalue weighted by Crippen LogP contribution is -2.31. The maximum Gasteiger partial charge on any atom is 0.258 e. The van der Waals surface area contributed by atoms with Crippen molar-refractivity contribution in [3.8, 4) is 5.88 Å². The van der Waals surface area contributed by atoms with E-state index in [0.717, 1.165) is 16.7 Å². The van der Waals surface area contributed by atoms with Gasteiger partial charge >= 0.3 is 0 Å². The minimum absolute atomic E-state index is 0.0694. The third kappa shape index (κ3) is 3.44. The first-order chi connectivity index (χ1) is 12.3. The highest BCUT2D eigenvalue weighted by atomic mass is 35.5. The minimum atomic E-state index is -0.788. The lowest BCUT2D eigenvalue weighted by atomic mass is 10.2. The van der Waals surface area contributed by atoms with E-state index in [1.165, 1.54) is 18.2 Å². The van der Waals surface area contributed by atoms with E-state index in [9.17, 15) is 19.5 Å². The van der Waals surface area contributed by atoms with Crippen molar-refractivity contribution in [1.82, 2.24) is 9.97 Å². The Labute approximate surface area is 162 Å². The van der Waals surface area contributed by atoms with E-state index in [-0.39, 0.29) is 33.7 Å². The number of rotatable bonds is 4. The van der Waals surface area contributed by atoms with Crippen molar-refractivity contribution in [2.45, 2.75) is 30.2 Å². The Bertz CT molecular complexity index is 963. The van der Waals surface area contributed by atoms with Crippen molar-refractivity contribution in [1.29, 1.82) is 0 Å². The summed E-state index contributed by atoms with van der Waals surface area (Å²) in [6.07, 6.45) is 0.241. The molecule has 1 fully saturated rings. The molecule has 10 heteroatoms. The van der Waals surface area contributed by atoms with Gasteiger partial charge in [-0.15, -0.1) is 0 Å². The molecule has 1 unspecified atom stereocenters. The van der Waals surface area contributed by atoms with Gasteiger partial charge in [-0.05, 0) is 24.6 Å². The van der Waals surface area contributed by atoms with Gasteiger partial charge in [-0.25, -0.2) is 4.90 Å². The van der Waals surface area contributed by atoms with Crippen LogP contribution < -0.4 is 10.5 Å². The Hall–Kier alpha value is -2.03. The predicted octanol–water partition coefficient (Wildman–Crippen LogP) is 2.77. The van der Waals surface area contributed by atoms with Crippen LogP contribution in [0.2, 0.25) is 10.0 Å². The van der Waals surface area contributed by atoms with Gasteiger partial charge in [0.2, 0.25) is 17.7 Å². The van der Waals surface area contributed by atoms with E-state index in [1.54, 1.807) is 6.92 Å². The summed E-state index contributed by atoms with van der Waals surface area (Å²) >= 11 is 12.8. The Kier molecular flexibility index (Phi) is 5.27. The van der Waals surface area contributed by atoms with Crippen LogP contribution in [0.1, 0.15) is 18.9 Å². The summed E-state index contributed by atoms with van der Waals surface area (Å²) in [5.74, 6) is -1.28. The van der Waals surface area contributed by atoms with Crippen molar-refractivity contribution in [2.75, 3.05) is 4.90 Å². The number of halogens is 2. The lowest BCUT2D eigenvalue weighted by molar-refractivity contribution is -0.121. The fourth-order valence-corrected chi connectivity index (χ4v) is 4.07. The summed E-state index contributed by atoms with van der Waals surface area (Å²) in [7, 11) is 0. The zero-order valence-corrected chi connectivity index (χ0v) is 15.8. The summed E-state index contributed by atoms with van der Waals surface area (Å²) < 4.78 is 0. The SMILES string of the molecule is CCc1c(O)nc(SC2CC(=O)N(c3ccc(Cl)cc3Cl)C2=O)[nH]c1=O. The molecule has 1 atom stereocenters. The number of thioether (sulfide) groups is 1. The molecule has 1 aromatic heterocycles. The maximum absolute atomic E-state index is 12.7. The van der Waals surface area contributed by atoms with Crippen LogP contribution in [-0.4, -0.2) is 32.1 Å². The van der Waals surface area contributed by atoms with Crippen molar-refractivity contribution < 1.29 is 14.7 Å². The molecule has 2 N–H and O–H groups in total. The van der Waals surface area contributed by atoms with Gasteiger partial charge in [-0.2, -0.15) is 4.98 Å². The molecule has 7 nitrogen and oxygen atoms in total. The predicted molar refractivity (Wildman–Crippen MR) is 99.1 cm³/mol. The number of aromatic amines is 1. The highest BCUT2D eigenvalue weighted by Crippen LogP contribution is 2.36. The molecule has 26 heavy (non-hydrogen) atoms. The number of hydrogen-bond donors (Lipinski definition) is 2. The molecule has 0 radical (unpaired) electrons. The topological polar surface area (TPSA) is 103 Å². The number of anilines is 1. The van der Waals surface area contributed by atoms with Crippen LogP contribution in [0.4, 0.5) is 5.69 Å². The number of benzene rings is 1. The van der Waals surface area contributed by atoms with Crippen LogP contribution >= 0.6 is 35.0 Å². The molecule has 0 saturated carbocycles.